The summed E-state index contributed by atoms with van der Waals surface area (Å²) in [4.78, 5) is 0. The second-order valence-electron chi connectivity index (χ2n) is 9.92. The van der Waals surface area contributed by atoms with Gasteiger partial charge < -0.3 is 0 Å². The summed E-state index contributed by atoms with van der Waals surface area (Å²) in [5.41, 5.74) is 15.1. The molecule has 0 atom stereocenters. The molecule has 27 heavy (non-hydrogen) atoms. The minimum Gasteiger partial charge on any atom is -0.0626 e. The van der Waals surface area contributed by atoms with Crippen molar-refractivity contribution in [3.63, 3.8) is 0 Å². The van der Waals surface area contributed by atoms with Crippen molar-refractivity contribution in [1.29, 1.82) is 0 Å². The average molecular weight is 355 g/mol. The molecule has 0 saturated heterocycles. The van der Waals surface area contributed by atoms with E-state index < -0.39 is 0 Å². The number of hydrogen-bond acceptors (Lipinski definition) is 0. The first-order valence-electron chi connectivity index (χ1n) is 10.5. The second-order valence-corrected chi connectivity index (χ2v) is 9.92. The molecular formula is C27H30. The molecule has 0 radical (unpaired) electrons. The van der Waals surface area contributed by atoms with Crippen molar-refractivity contribution in [2.45, 2.75) is 59.8 Å². The van der Waals surface area contributed by atoms with E-state index in [-0.39, 0.29) is 5.41 Å². The topological polar surface area (TPSA) is 0 Å². The molecule has 0 aliphatic heterocycles. The van der Waals surface area contributed by atoms with Gasteiger partial charge >= 0.3 is 0 Å². The lowest BCUT2D eigenvalue weighted by atomic mass is 9.81. The highest BCUT2D eigenvalue weighted by molar-refractivity contribution is 5.86. The van der Waals surface area contributed by atoms with E-state index in [1.54, 1.807) is 11.1 Å². The molecule has 3 aliphatic carbocycles. The lowest BCUT2D eigenvalue weighted by molar-refractivity contribution is 0.659. The predicted molar refractivity (Wildman–Crippen MR) is 117 cm³/mol. The molecule has 0 unspecified atom stereocenters. The first kappa shape index (κ1) is 17.0. The molecule has 5 rings (SSSR count). The van der Waals surface area contributed by atoms with Gasteiger partial charge in [0, 0.05) is 5.41 Å². The maximum atomic E-state index is 2.50. The normalized spacial score (nSPS) is 18.4. The Kier molecular flexibility index (Phi) is 3.46. The van der Waals surface area contributed by atoms with E-state index in [2.05, 4.69) is 78.0 Å². The molecule has 0 fully saturated rings. The molecule has 0 heterocycles. The molecule has 138 valence electrons. The molecule has 2 aromatic carbocycles. The van der Waals surface area contributed by atoms with Crippen molar-refractivity contribution in [2.75, 3.05) is 0 Å². The van der Waals surface area contributed by atoms with Crippen molar-refractivity contribution in [2.24, 2.45) is 11.8 Å². The zero-order chi connectivity index (χ0) is 19.1. The van der Waals surface area contributed by atoms with Crippen molar-refractivity contribution in [3.8, 4) is 11.1 Å². The first-order valence-corrected chi connectivity index (χ1v) is 10.5. The molecule has 0 spiro atoms. The van der Waals surface area contributed by atoms with Crippen LogP contribution >= 0.6 is 0 Å². The van der Waals surface area contributed by atoms with E-state index in [0.29, 0.717) is 11.8 Å². The lowest BCUT2D eigenvalue weighted by Crippen LogP contribution is -2.15. The Hall–Kier alpha value is -2.08. The molecule has 0 saturated carbocycles. The fourth-order valence-corrected chi connectivity index (χ4v) is 5.21. The Labute approximate surface area is 164 Å². The van der Waals surface area contributed by atoms with Crippen molar-refractivity contribution >= 4 is 12.2 Å². The van der Waals surface area contributed by atoms with Crippen LogP contribution in [0.1, 0.15) is 74.9 Å². The molecule has 0 heteroatoms. The predicted octanol–water partition coefficient (Wildman–Crippen LogP) is 7.18. The van der Waals surface area contributed by atoms with E-state index in [1.165, 1.54) is 44.5 Å². The van der Waals surface area contributed by atoms with Crippen molar-refractivity contribution in [1.82, 2.24) is 0 Å². The van der Waals surface area contributed by atoms with Crippen molar-refractivity contribution < 1.29 is 0 Å². The second kappa shape index (κ2) is 5.47. The summed E-state index contributed by atoms with van der Waals surface area (Å²) in [6, 6.07) is 9.98. The van der Waals surface area contributed by atoms with Gasteiger partial charge in [-0.15, -0.1) is 0 Å². The van der Waals surface area contributed by atoms with E-state index in [4.69, 9.17) is 0 Å². The maximum Gasteiger partial charge on any atom is 0.0159 e. The zero-order valence-corrected chi connectivity index (χ0v) is 17.5. The van der Waals surface area contributed by atoms with Gasteiger partial charge in [-0.05, 0) is 93.5 Å². The Morgan fingerprint density at radius 2 is 1.07 bits per heavy atom. The van der Waals surface area contributed by atoms with Crippen LogP contribution in [-0.4, -0.2) is 0 Å². The van der Waals surface area contributed by atoms with Crippen LogP contribution in [0.2, 0.25) is 0 Å². The summed E-state index contributed by atoms with van der Waals surface area (Å²) >= 11 is 0. The fourth-order valence-electron chi connectivity index (χ4n) is 5.21. The number of fused-ring (bicyclic) bond motifs is 5. The minimum absolute atomic E-state index is 0.0809. The van der Waals surface area contributed by atoms with E-state index >= 15 is 0 Å². The highest BCUT2D eigenvalue weighted by Crippen LogP contribution is 2.52. The summed E-state index contributed by atoms with van der Waals surface area (Å²) in [6.07, 6.45) is 7.13. The SMILES string of the molecule is CC(C)C1=Cc2cc3c(cc2C1)-c1cc2c(cc1C3(C)C)C=C(C(C)C)C2. The highest BCUT2D eigenvalue weighted by Gasteiger charge is 2.37. The molecule has 0 amide bonds. The summed E-state index contributed by atoms with van der Waals surface area (Å²) in [6.45, 7) is 14.1. The maximum absolute atomic E-state index is 2.50. The van der Waals surface area contributed by atoms with Crippen LogP contribution in [0.4, 0.5) is 0 Å². The largest absolute Gasteiger partial charge is 0.0626 e. The van der Waals surface area contributed by atoms with Gasteiger partial charge in [0.2, 0.25) is 0 Å². The van der Waals surface area contributed by atoms with Crippen LogP contribution in [0.5, 0.6) is 0 Å². The van der Waals surface area contributed by atoms with Gasteiger partial charge in [0.25, 0.3) is 0 Å². The van der Waals surface area contributed by atoms with Gasteiger partial charge in [0.1, 0.15) is 0 Å². The molecule has 0 bridgehead atoms. The van der Waals surface area contributed by atoms with Gasteiger partial charge in [0.05, 0.1) is 0 Å². The summed E-state index contributed by atoms with van der Waals surface area (Å²) in [7, 11) is 0. The molecular weight excluding hydrogens is 324 g/mol. The van der Waals surface area contributed by atoms with E-state index in [1.807, 2.05) is 0 Å². The lowest BCUT2D eigenvalue weighted by Gasteiger charge is -2.22. The zero-order valence-electron chi connectivity index (χ0n) is 17.5. The molecule has 0 aromatic heterocycles. The summed E-state index contributed by atoms with van der Waals surface area (Å²) < 4.78 is 0. The number of benzene rings is 2. The van der Waals surface area contributed by atoms with Gasteiger partial charge in [-0.3, -0.25) is 0 Å². The fraction of sp³-hybridized carbons (Fsp3) is 0.407. The molecule has 3 aliphatic rings. The third-order valence-electron chi connectivity index (χ3n) is 7.15. The van der Waals surface area contributed by atoms with E-state index in [0.717, 1.165) is 12.8 Å². The highest BCUT2D eigenvalue weighted by atomic mass is 14.4. The Balaban J connectivity index is 1.65. The third-order valence-corrected chi connectivity index (χ3v) is 7.15. The molecule has 2 aromatic rings. The van der Waals surface area contributed by atoms with Crippen molar-refractivity contribution in [3.05, 3.63) is 68.8 Å². The van der Waals surface area contributed by atoms with Gasteiger partial charge in [0.15, 0.2) is 0 Å². The monoisotopic (exact) mass is 354 g/mol. The van der Waals surface area contributed by atoms with Crippen LogP contribution in [0.25, 0.3) is 23.3 Å². The molecule has 0 nitrogen and oxygen atoms in total. The smallest absolute Gasteiger partial charge is 0.0159 e. The Bertz CT molecular complexity index is 955. The van der Waals surface area contributed by atoms with Crippen LogP contribution in [0.3, 0.4) is 0 Å². The number of hydrogen-bond donors (Lipinski definition) is 0. The van der Waals surface area contributed by atoms with Crippen LogP contribution < -0.4 is 0 Å². The van der Waals surface area contributed by atoms with Crippen LogP contribution in [0.15, 0.2) is 35.4 Å². The number of allylic oxidation sites excluding steroid dienone is 2. The minimum atomic E-state index is 0.0809. The third kappa shape index (κ3) is 2.35. The quantitative estimate of drug-likeness (QED) is 0.535. The van der Waals surface area contributed by atoms with E-state index in [9.17, 15) is 0 Å². The van der Waals surface area contributed by atoms with Gasteiger partial charge in [-0.2, -0.15) is 0 Å². The Morgan fingerprint density at radius 1 is 0.667 bits per heavy atom. The van der Waals surface area contributed by atoms with Crippen LogP contribution in [-0.2, 0) is 18.3 Å². The number of rotatable bonds is 2. The first-order chi connectivity index (χ1) is 12.8. The van der Waals surface area contributed by atoms with Gasteiger partial charge in [-0.25, -0.2) is 0 Å². The molecule has 0 N–H and O–H groups in total. The summed E-state index contributed by atoms with van der Waals surface area (Å²) in [5, 5.41) is 0. The standard InChI is InChI=1S/C27H30/c1-15(2)17-7-19-11-23-24-12-20-8-18(16(3)4)10-22(20)14-26(24)27(5,6)25(23)13-21(19)9-17/h9-16H,7-8H2,1-6H3. The average Bonchev–Trinajstić information content (AvgIpc) is 3.26. The Morgan fingerprint density at radius 3 is 1.44 bits per heavy atom. The van der Waals surface area contributed by atoms with Gasteiger partial charge in [-0.1, -0.05) is 64.8 Å². The summed E-state index contributed by atoms with van der Waals surface area (Å²) in [5.74, 6) is 1.27. The van der Waals surface area contributed by atoms with Crippen LogP contribution in [0, 0.1) is 11.8 Å².